The topological polar surface area (TPSA) is 57.7 Å². The largest absolute Gasteiger partial charge is 0.309 e. The summed E-state index contributed by atoms with van der Waals surface area (Å²) in [6, 6.07) is 11.2. The van der Waals surface area contributed by atoms with Gasteiger partial charge in [0.15, 0.2) is 0 Å². The second kappa shape index (κ2) is 7.02. The first kappa shape index (κ1) is 18.9. The predicted molar refractivity (Wildman–Crippen MR) is 103 cm³/mol. The summed E-state index contributed by atoms with van der Waals surface area (Å²) in [5.41, 5.74) is 2.63. The fraction of sp³-hybridized carbons (Fsp3) is 0.316. The highest BCUT2D eigenvalue weighted by Gasteiger charge is 2.39. The van der Waals surface area contributed by atoms with Crippen LogP contribution in [0.5, 0.6) is 0 Å². The Labute approximate surface area is 159 Å². The van der Waals surface area contributed by atoms with Crippen molar-refractivity contribution < 1.29 is 13.2 Å². The molecule has 1 aliphatic rings. The lowest BCUT2D eigenvalue weighted by Gasteiger charge is -2.38. The number of hydrogen-bond donors (Lipinski definition) is 0. The summed E-state index contributed by atoms with van der Waals surface area (Å²) < 4.78 is 27.2. The molecule has 0 spiro atoms. The van der Waals surface area contributed by atoms with Gasteiger partial charge in [0.05, 0.1) is 4.90 Å². The van der Waals surface area contributed by atoms with Gasteiger partial charge in [0.2, 0.25) is 15.9 Å². The highest BCUT2D eigenvalue weighted by molar-refractivity contribution is 7.89. The van der Waals surface area contributed by atoms with E-state index >= 15 is 0 Å². The fourth-order valence-corrected chi connectivity index (χ4v) is 4.99. The molecule has 1 fully saturated rings. The summed E-state index contributed by atoms with van der Waals surface area (Å²) in [4.78, 5) is 14.7. The molecule has 0 bridgehead atoms. The van der Waals surface area contributed by atoms with Crippen LogP contribution in [-0.2, 0) is 14.8 Å². The highest BCUT2D eigenvalue weighted by atomic mass is 35.5. The summed E-state index contributed by atoms with van der Waals surface area (Å²) in [6.07, 6.45) is 0. The molecule has 26 heavy (non-hydrogen) atoms. The van der Waals surface area contributed by atoms with E-state index in [-0.39, 0.29) is 17.3 Å². The third kappa shape index (κ3) is 3.37. The number of anilines is 1. The molecule has 2 aromatic rings. The van der Waals surface area contributed by atoms with Crippen LogP contribution < -0.4 is 4.90 Å². The summed E-state index contributed by atoms with van der Waals surface area (Å²) in [5.74, 6) is -0.239. The second-order valence-electron chi connectivity index (χ2n) is 6.53. The number of aryl methyl sites for hydroxylation is 2. The number of halogens is 1. The summed E-state index contributed by atoms with van der Waals surface area (Å²) in [6.45, 7) is 5.96. The third-order valence-electron chi connectivity index (χ3n) is 4.68. The van der Waals surface area contributed by atoms with Crippen LogP contribution in [-0.4, -0.2) is 37.8 Å². The molecule has 3 rings (SSSR count). The number of carbonyl (C=O) groups excluding carboxylic acids is 1. The van der Waals surface area contributed by atoms with E-state index in [4.69, 9.17) is 11.6 Å². The van der Waals surface area contributed by atoms with Crippen LogP contribution in [0.1, 0.15) is 18.1 Å². The minimum Gasteiger partial charge on any atom is -0.309 e. The number of piperazine rings is 1. The zero-order valence-corrected chi connectivity index (χ0v) is 16.5. The number of benzene rings is 2. The van der Waals surface area contributed by atoms with Gasteiger partial charge in [-0.3, -0.25) is 4.79 Å². The van der Waals surface area contributed by atoms with Gasteiger partial charge in [-0.25, -0.2) is 8.42 Å². The Kier molecular flexibility index (Phi) is 5.10. The molecule has 2 aromatic carbocycles. The molecule has 1 saturated heterocycles. The third-order valence-corrected chi connectivity index (χ3v) is 6.90. The predicted octanol–water partition coefficient (Wildman–Crippen LogP) is 3.38. The van der Waals surface area contributed by atoms with Gasteiger partial charge in [-0.1, -0.05) is 29.3 Å². The van der Waals surface area contributed by atoms with E-state index in [1.54, 1.807) is 54.3 Å². The lowest BCUT2D eigenvalue weighted by molar-refractivity contribution is -0.123. The van der Waals surface area contributed by atoms with E-state index in [1.807, 2.05) is 13.8 Å². The summed E-state index contributed by atoms with van der Waals surface area (Å²) >= 11 is 5.99. The van der Waals surface area contributed by atoms with Gasteiger partial charge >= 0.3 is 0 Å². The number of sulfonamides is 1. The van der Waals surface area contributed by atoms with Crippen molar-refractivity contribution in [2.24, 2.45) is 0 Å². The molecule has 138 valence electrons. The van der Waals surface area contributed by atoms with Crippen molar-refractivity contribution in [3.05, 3.63) is 58.6 Å². The van der Waals surface area contributed by atoms with E-state index < -0.39 is 16.1 Å². The standard InChI is InChI=1S/C19H21ClN2O3S/c1-13-4-7-17(8-5-13)26(24,25)22-11-10-21(19(23)15(22)3)18-9-6-16(20)12-14(18)2/h4-9,12,15H,10-11H2,1-3H3/t15-/m0/s1. The quantitative estimate of drug-likeness (QED) is 0.804. The van der Waals surface area contributed by atoms with Crippen molar-refractivity contribution >= 4 is 33.2 Å². The Bertz CT molecular complexity index is 942. The summed E-state index contributed by atoms with van der Waals surface area (Å²) in [5, 5.41) is 0.604. The Morgan fingerprint density at radius 2 is 1.69 bits per heavy atom. The first-order valence-corrected chi connectivity index (χ1v) is 10.2. The van der Waals surface area contributed by atoms with Gasteiger partial charge < -0.3 is 4.90 Å². The number of hydrogen-bond acceptors (Lipinski definition) is 3. The van der Waals surface area contributed by atoms with E-state index in [9.17, 15) is 13.2 Å². The minimum atomic E-state index is -3.72. The molecule has 1 heterocycles. The molecule has 0 radical (unpaired) electrons. The molecule has 0 aliphatic carbocycles. The average molecular weight is 393 g/mol. The lowest BCUT2D eigenvalue weighted by atomic mass is 10.1. The Morgan fingerprint density at radius 3 is 2.31 bits per heavy atom. The SMILES string of the molecule is Cc1ccc(S(=O)(=O)N2CCN(c3ccc(Cl)cc3C)C(=O)[C@@H]2C)cc1. The van der Waals surface area contributed by atoms with Crippen molar-refractivity contribution in [2.75, 3.05) is 18.0 Å². The van der Waals surface area contributed by atoms with Crippen molar-refractivity contribution in [3.8, 4) is 0 Å². The maximum absolute atomic E-state index is 12.9. The van der Waals surface area contributed by atoms with Gasteiger partial charge in [-0.05, 0) is 56.7 Å². The van der Waals surface area contributed by atoms with Gasteiger partial charge in [-0.2, -0.15) is 4.31 Å². The van der Waals surface area contributed by atoms with Crippen LogP contribution in [0, 0.1) is 13.8 Å². The molecule has 7 heteroatoms. The van der Waals surface area contributed by atoms with Gasteiger partial charge in [0.1, 0.15) is 6.04 Å². The molecule has 1 atom stereocenters. The first-order chi connectivity index (χ1) is 12.2. The van der Waals surface area contributed by atoms with Crippen LogP contribution in [0.15, 0.2) is 47.4 Å². The molecule has 0 saturated carbocycles. The average Bonchev–Trinajstić information content (AvgIpc) is 2.58. The van der Waals surface area contributed by atoms with Gasteiger partial charge in [-0.15, -0.1) is 0 Å². The lowest BCUT2D eigenvalue weighted by Crippen LogP contribution is -2.57. The highest BCUT2D eigenvalue weighted by Crippen LogP contribution is 2.29. The van der Waals surface area contributed by atoms with Crippen LogP contribution in [0.4, 0.5) is 5.69 Å². The second-order valence-corrected chi connectivity index (χ2v) is 8.85. The Morgan fingerprint density at radius 1 is 1.04 bits per heavy atom. The van der Waals surface area contributed by atoms with Crippen molar-refractivity contribution in [3.63, 3.8) is 0 Å². The maximum atomic E-state index is 12.9. The van der Waals surface area contributed by atoms with Gasteiger partial charge in [0, 0.05) is 23.8 Å². The van der Waals surface area contributed by atoms with Crippen LogP contribution in [0.25, 0.3) is 0 Å². The van der Waals surface area contributed by atoms with Crippen molar-refractivity contribution in [1.82, 2.24) is 4.31 Å². The molecular weight excluding hydrogens is 372 g/mol. The first-order valence-electron chi connectivity index (χ1n) is 8.38. The fourth-order valence-electron chi connectivity index (χ4n) is 3.19. The van der Waals surface area contributed by atoms with E-state index in [2.05, 4.69) is 0 Å². The summed E-state index contributed by atoms with van der Waals surface area (Å²) in [7, 11) is -3.72. The van der Waals surface area contributed by atoms with Crippen LogP contribution in [0.2, 0.25) is 5.02 Å². The normalized spacial score (nSPS) is 19.0. The Hall–Kier alpha value is -1.89. The molecule has 1 aliphatic heterocycles. The van der Waals surface area contributed by atoms with Crippen molar-refractivity contribution in [2.45, 2.75) is 31.7 Å². The van der Waals surface area contributed by atoms with Crippen LogP contribution >= 0.6 is 11.6 Å². The number of carbonyl (C=O) groups is 1. The zero-order chi connectivity index (χ0) is 19.1. The smallest absolute Gasteiger partial charge is 0.245 e. The van der Waals surface area contributed by atoms with E-state index in [0.717, 1.165) is 16.8 Å². The van der Waals surface area contributed by atoms with Gasteiger partial charge in [0.25, 0.3) is 0 Å². The molecule has 5 nitrogen and oxygen atoms in total. The van der Waals surface area contributed by atoms with Crippen molar-refractivity contribution in [1.29, 1.82) is 0 Å². The monoisotopic (exact) mass is 392 g/mol. The number of nitrogens with zero attached hydrogens (tertiary/aromatic N) is 2. The molecule has 0 unspecified atom stereocenters. The number of amides is 1. The Balaban J connectivity index is 1.89. The molecular formula is C19H21ClN2O3S. The van der Waals surface area contributed by atoms with Crippen LogP contribution in [0.3, 0.4) is 0 Å². The molecule has 0 aromatic heterocycles. The molecule has 0 N–H and O–H groups in total. The van der Waals surface area contributed by atoms with E-state index in [1.165, 1.54) is 4.31 Å². The zero-order valence-electron chi connectivity index (χ0n) is 14.9. The minimum absolute atomic E-state index is 0.207. The molecule has 1 amide bonds. The number of rotatable bonds is 3. The maximum Gasteiger partial charge on any atom is 0.245 e. The van der Waals surface area contributed by atoms with E-state index in [0.29, 0.717) is 11.6 Å².